The third-order valence-corrected chi connectivity index (χ3v) is 2.70. The second-order valence-corrected chi connectivity index (χ2v) is 4.67. The van der Waals surface area contributed by atoms with Gasteiger partial charge in [-0.3, -0.25) is 0 Å². The lowest BCUT2D eigenvalue weighted by molar-refractivity contribution is 0.512. The minimum atomic E-state index is 0.414. The molecule has 0 spiro atoms. The summed E-state index contributed by atoms with van der Waals surface area (Å²) in [7, 11) is 0. The molecule has 0 saturated heterocycles. The fourth-order valence-corrected chi connectivity index (χ4v) is 1.72. The van der Waals surface area contributed by atoms with E-state index >= 15 is 0 Å². The molecule has 18 heavy (non-hydrogen) atoms. The molecule has 2 rings (SSSR count). The number of anilines is 1. The zero-order chi connectivity index (χ0) is 13.0. The molecule has 0 aliphatic carbocycles. The van der Waals surface area contributed by atoms with Crippen LogP contribution in [0.15, 0.2) is 28.9 Å². The zero-order valence-corrected chi connectivity index (χ0v) is 11.1. The number of aromatic nitrogens is 2. The predicted octanol–water partition coefficient (Wildman–Crippen LogP) is 3.16. The first-order chi connectivity index (χ1) is 8.65. The van der Waals surface area contributed by atoms with Crippen molar-refractivity contribution in [1.82, 2.24) is 9.97 Å². The molecule has 2 aromatic rings. The molecule has 0 saturated carbocycles. The van der Waals surface area contributed by atoms with E-state index in [0.717, 1.165) is 30.1 Å². The van der Waals surface area contributed by atoms with E-state index in [-0.39, 0.29) is 0 Å². The largest absolute Gasteiger partial charge is 0.469 e. The molecule has 0 amide bonds. The number of hydrogen-bond donors (Lipinski definition) is 1. The summed E-state index contributed by atoms with van der Waals surface area (Å²) in [5, 5.41) is 3.24. The van der Waals surface area contributed by atoms with Gasteiger partial charge in [-0.15, -0.1) is 0 Å². The van der Waals surface area contributed by atoms with E-state index in [1.54, 1.807) is 6.26 Å². The number of furan rings is 1. The van der Waals surface area contributed by atoms with Crippen LogP contribution in [0.25, 0.3) is 0 Å². The van der Waals surface area contributed by atoms with Gasteiger partial charge in [-0.2, -0.15) is 0 Å². The first kappa shape index (κ1) is 12.6. The molecule has 4 heteroatoms. The smallest absolute Gasteiger partial charge is 0.223 e. The Hall–Kier alpha value is -1.84. The van der Waals surface area contributed by atoms with E-state index in [4.69, 9.17) is 4.42 Å². The van der Waals surface area contributed by atoms with Gasteiger partial charge in [0.1, 0.15) is 5.76 Å². The molecule has 0 atom stereocenters. The lowest BCUT2D eigenvalue weighted by Gasteiger charge is -2.09. The normalized spacial score (nSPS) is 10.9. The summed E-state index contributed by atoms with van der Waals surface area (Å²) in [4.78, 5) is 8.88. The molecule has 4 nitrogen and oxygen atoms in total. The van der Waals surface area contributed by atoms with E-state index in [1.807, 2.05) is 25.1 Å². The van der Waals surface area contributed by atoms with Crippen LogP contribution in [-0.2, 0) is 6.42 Å². The molecule has 0 fully saturated rings. The Morgan fingerprint density at radius 1 is 1.33 bits per heavy atom. The Morgan fingerprint density at radius 2 is 2.17 bits per heavy atom. The monoisotopic (exact) mass is 245 g/mol. The van der Waals surface area contributed by atoms with Crippen LogP contribution in [0.2, 0.25) is 0 Å². The molecule has 0 aliphatic heterocycles. The molecular formula is C14H19N3O. The van der Waals surface area contributed by atoms with Crippen LogP contribution in [0.4, 0.5) is 5.95 Å². The molecule has 1 N–H and O–H groups in total. The summed E-state index contributed by atoms with van der Waals surface area (Å²) in [5.41, 5.74) is 2.07. The predicted molar refractivity (Wildman–Crippen MR) is 71.8 cm³/mol. The number of rotatable bonds is 5. The quantitative estimate of drug-likeness (QED) is 0.879. The van der Waals surface area contributed by atoms with Crippen LogP contribution in [0, 0.1) is 6.92 Å². The van der Waals surface area contributed by atoms with E-state index in [1.165, 1.54) is 0 Å². The topological polar surface area (TPSA) is 51.0 Å². The van der Waals surface area contributed by atoms with Crippen molar-refractivity contribution < 1.29 is 4.42 Å². The van der Waals surface area contributed by atoms with Crippen LogP contribution in [0.1, 0.15) is 36.9 Å². The Morgan fingerprint density at radius 3 is 2.83 bits per heavy atom. The highest BCUT2D eigenvalue weighted by Gasteiger charge is 2.05. The second kappa shape index (κ2) is 5.67. The molecule has 0 aromatic carbocycles. The number of nitrogens with one attached hydrogen (secondary N) is 1. The summed E-state index contributed by atoms with van der Waals surface area (Å²) in [6.07, 6.45) is 2.52. The van der Waals surface area contributed by atoms with Gasteiger partial charge in [0.2, 0.25) is 5.95 Å². The standard InChI is InChI=1S/C14H19N3O/c1-10(2)13-9-11(3)16-14(17-13)15-7-6-12-5-4-8-18-12/h4-5,8-10H,6-7H2,1-3H3,(H,15,16,17). The van der Waals surface area contributed by atoms with Crippen LogP contribution in [-0.4, -0.2) is 16.5 Å². The molecule has 2 aromatic heterocycles. The lowest BCUT2D eigenvalue weighted by atomic mass is 10.1. The highest BCUT2D eigenvalue weighted by Crippen LogP contribution is 2.14. The Bertz CT molecular complexity index is 492. The molecule has 0 aliphatic rings. The van der Waals surface area contributed by atoms with Crippen molar-refractivity contribution in [2.24, 2.45) is 0 Å². The van der Waals surface area contributed by atoms with Crippen molar-refractivity contribution in [3.05, 3.63) is 41.6 Å². The molecule has 0 unspecified atom stereocenters. The van der Waals surface area contributed by atoms with Gasteiger partial charge in [-0.25, -0.2) is 9.97 Å². The van der Waals surface area contributed by atoms with Gasteiger partial charge in [0, 0.05) is 24.4 Å². The summed E-state index contributed by atoms with van der Waals surface area (Å²) < 4.78 is 5.28. The van der Waals surface area contributed by atoms with E-state index in [0.29, 0.717) is 11.9 Å². The van der Waals surface area contributed by atoms with Gasteiger partial charge in [0.15, 0.2) is 0 Å². The lowest BCUT2D eigenvalue weighted by Crippen LogP contribution is -2.10. The molecule has 0 bridgehead atoms. The van der Waals surface area contributed by atoms with Crippen molar-refractivity contribution in [3.8, 4) is 0 Å². The third-order valence-electron chi connectivity index (χ3n) is 2.70. The fraction of sp³-hybridized carbons (Fsp3) is 0.429. The van der Waals surface area contributed by atoms with Crippen molar-refractivity contribution >= 4 is 5.95 Å². The number of hydrogen-bond acceptors (Lipinski definition) is 4. The Kier molecular flexibility index (Phi) is 3.97. The van der Waals surface area contributed by atoms with Crippen molar-refractivity contribution in [3.63, 3.8) is 0 Å². The second-order valence-electron chi connectivity index (χ2n) is 4.67. The summed E-state index contributed by atoms with van der Waals surface area (Å²) in [5.74, 6) is 2.09. The van der Waals surface area contributed by atoms with Crippen molar-refractivity contribution in [1.29, 1.82) is 0 Å². The Balaban J connectivity index is 1.96. The minimum Gasteiger partial charge on any atom is -0.469 e. The van der Waals surface area contributed by atoms with Gasteiger partial charge in [0.05, 0.1) is 6.26 Å². The van der Waals surface area contributed by atoms with Crippen LogP contribution in [0.3, 0.4) is 0 Å². The molecule has 0 radical (unpaired) electrons. The van der Waals surface area contributed by atoms with Gasteiger partial charge in [-0.1, -0.05) is 13.8 Å². The van der Waals surface area contributed by atoms with Gasteiger partial charge in [0.25, 0.3) is 0 Å². The first-order valence-corrected chi connectivity index (χ1v) is 6.27. The van der Waals surface area contributed by atoms with Crippen molar-refractivity contribution in [2.45, 2.75) is 33.1 Å². The maximum Gasteiger partial charge on any atom is 0.223 e. The minimum absolute atomic E-state index is 0.414. The van der Waals surface area contributed by atoms with E-state index in [2.05, 4.69) is 29.1 Å². The summed E-state index contributed by atoms with van der Waals surface area (Å²) in [6.45, 7) is 7.03. The van der Waals surface area contributed by atoms with Gasteiger partial charge in [-0.05, 0) is 31.0 Å². The SMILES string of the molecule is Cc1cc(C(C)C)nc(NCCc2ccco2)n1. The highest BCUT2D eigenvalue weighted by atomic mass is 16.3. The average Bonchev–Trinajstić information content (AvgIpc) is 2.81. The molecule has 2 heterocycles. The zero-order valence-electron chi connectivity index (χ0n) is 11.1. The van der Waals surface area contributed by atoms with Gasteiger partial charge >= 0.3 is 0 Å². The first-order valence-electron chi connectivity index (χ1n) is 6.27. The molecular weight excluding hydrogens is 226 g/mol. The number of aryl methyl sites for hydroxylation is 1. The Labute approximate surface area is 107 Å². The van der Waals surface area contributed by atoms with E-state index < -0.39 is 0 Å². The highest BCUT2D eigenvalue weighted by molar-refractivity contribution is 5.29. The fourth-order valence-electron chi connectivity index (χ4n) is 1.72. The maximum absolute atomic E-state index is 5.28. The molecule has 96 valence electrons. The van der Waals surface area contributed by atoms with Gasteiger partial charge < -0.3 is 9.73 Å². The summed E-state index contributed by atoms with van der Waals surface area (Å²) in [6, 6.07) is 5.90. The van der Waals surface area contributed by atoms with E-state index in [9.17, 15) is 0 Å². The number of nitrogens with zero attached hydrogens (tertiary/aromatic N) is 2. The third kappa shape index (κ3) is 3.32. The van der Waals surface area contributed by atoms with Crippen LogP contribution < -0.4 is 5.32 Å². The summed E-state index contributed by atoms with van der Waals surface area (Å²) >= 11 is 0. The average molecular weight is 245 g/mol. The van der Waals surface area contributed by atoms with Crippen molar-refractivity contribution in [2.75, 3.05) is 11.9 Å². The van der Waals surface area contributed by atoms with Crippen LogP contribution in [0.5, 0.6) is 0 Å². The van der Waals surface area contributed by atoms with Crippen LogP contribution >= 0.6 is 0 Å². The maximum atomic E-state index is 5.28.